The van der Waals surface area contributed by atoms with Crippen LogP contribution >= 0.6 is 11.8 Å². The molecule has 2 aliphatic rings. The fourth-order valence-corrected chi connectivity index (χ4v) is 4.43. The lowest BCUT2D eigenvalue weighted by molar-refractivity contribution is -0.118. The van der Waals surface area contributed by atoms with Crippen molar-refractivity contribution in [1.82, 2.24) is 14.9 Å². The molecule has 1 aromatic heterocycles. The van der Waals surface area contributed by atoms with Crippen LogP contribution in [0, 0.1) is 6.92 Å². The second-order valence-electron chi connectivity index (χ2n) is 6.35. The summed E-state index contributed by atoms with van der Waals surface area (Å²) in [4.78, 5) is 11.7. The van der Waals surface area contributed by atoms with E-state index in [1.807, 2.05) is 30.3 Å². The number of hydrogen-bond acceptors (Lipinski definition) is 6. The van der Waals surface area contributed by atoms with Gasteiger partial charge in [-0.1, -0.05) is 36.0 Å². The third kappa shape index (κ3) is 2.78. The van der Waals surface area contributed by atoms with Gasteiger partial charge in [0.2, 0.25) is 5.16 Å². The predicted molar refractivity (Wildman–Crippen MR) is 102 cm³/mol. The smallest absolute Gasteiger partial charge is 0.262 e. The number of carbonyl (C=O) groups excluding carboxylic acids is 1. The number of carbonyl (C=O) groups is 1. The largest absolute Gasteiger partial charge is 0.482 e. The van der Waals surface area contributed by atoms with Crippen molar-refractivity contribution in [3.8, 4) is 5.75 Å². The highest BCUT2D eigenvalue weighted by atomic mass is 32.2. The Balaban J connectivity index is 1.64. The highest BCUT2D eigenvalue weighted by Gasteiger charge is 2.30. The maximum absolute atomic E-state index is 11.7. The molecule has 0 saturated heterocycles. The Morgan fingerprint density at radius 3 is 3.04 bits per heavy atom. The van der Waals surface area contributed by atoms with Crippen molar-refractivity contribution < 1.29 is 9.53 Å². The number of nitrogens with zero attached hydrogens (tertiary/aromatic N) is 4. The molecule has 0 fully saturated rings. The van der Waals surface area contributed by atoms with Gasteiger partial charge < -0.3 is 10.1 Å². The maximum atomic E-state index is 11.7. The number of amides is 1. The summed E-state index contributed by atoms with van der Waals surface area (Å²) in [6.45, 7) is 2.13. The van der Waals surface area contributed by atoms with E-state index in [0.717, 1.165) is 16.4 Å². The summed E-state index contributed by atoms with van der Waals surface area (Å²) in [6.07, 6.45) is 1.60. The van der Waals surface area contributed by atoms with Crippen LogP contribution < -0.4 is 10.1 Å². The van der Waals surface area contributed by atoms with Gasteiger partial charge in [0.15, 0.2) is 6.61 Å². The SMILES string of the molecule is Cc1ccccc1C1Sc2nncn2N=C1c1ccc2c(c1)NC(=O)CO2. The molecule has 27 heavy (non-hydrogen) atoms. The third-order valence-corrected chi connectivity index (χ3v) is 5.76. The van der Waals surface area contributed by atoms with Gasteiger partial charge in [0.25, 0.3) is 5.91 Å². The minimum Gasteiger partial charge on any atom is -0.482 e. The Labute approximate surface area is 159 Å². The molecular weight excluding hydrogens is 362 g/mol. The molecule has 0 radical (unpaired) electrons. The number of rotatable bonds is 2. The van der Waals surface area contributed by atoms with E-state index in [0.29, 0.717) is 11.4 Å². The second-order valence-corrected chi connectivity index (χ2v) is 7.42. The fraction of sp³-hybridized carbons (Fsp3) is 0.158. The molecule has 2 aliphatic heterocycles. The van der Waals surface area contributed by atoms with Crippen molar-refractivity contribution >= 4 is 29.1 Å². The van der Waals surface area contributed by atoms with Gasteiger partial charge in [-0.2, -0.15) is 9.78 Å². The zero-order valence-electron chi connectivity index (χ0n) is 14.4. The van der Waals surface area contributed by atoms with Crippen LogP contribution in [0.25, 0.3) is 0 Å². The first-order valence-electron chi connectivity index (χ1n) is 8.47. The quantitative estimate of drug-likeness (QED) is 0.742. The first-order chi connectivity index (χ1) is 13.2. The van der Waals surface area contributed by atoms with Crippen LogP contribution in [0.1, 0.15) is 21.9 Å². The van der Waals surface area contributed by atoms with Gasteiger partial charge in [-0.25, -0.2) is 0 Å². The van der Waals surface area contributed by atoms with E-state index in [9.17, 15) is 4.79 Å². The number of hydrogen-bond donors (Lipinski definition) is 1. The average molecular weight is 377 g/mol. The van der Waals surface area contributed by atoms with Crippen molar-refractivity contribution in [3.63, 3.8) is 0 Å². The van der Waals surface area contributed by atoms with Crippen molar-refractivity contribution in [3.05, 3.63) is 65.5 Å². The van der Waals surface area contributed by atoms with E-state index in [4.69, 9.17) is 9.84 Å². The van der Waals surface area contributed by atoms with Crippen molar-refractivity contribution in [2.75, 3.05) is 11.9 Å². The van der Waals surface area contributed by atoms with Gasteiger partial charge in [-0.05, 0) is 36.2 Å². The second kappa shape index (κ2) is 6.24. The number of aryl methyl sites for hydroxylation is 1. The minimum atomic E-state index is -0.156. The number of ether oxygens (including phenoxy) is 1. The lowest BCUT2D eigenvalue weighted by Crippen LogP contribution is -2.26. The van der Waals surface area contributed by atoms with Crippen LogP contribution in [0.3, 0.4) is 0 Å². The molecule has 8 heteroatoms. The molecule has 3 heterocycles. The Morgan fingerprint density at radius 1 is 1.26 bits per heavy atom. The first kappa shape index (κ1) is 16.1. The number of thioether (sulfide) groups is 1. The average Bonchev–Trinajstić information content (AvgIpc) is 3.14. The number of aromatic nitrogens is 3. The Bertz CT molecular complexity index is 1090. The summed E-state index contributed by atoms with van der Waals surface area (Å²) in [5.74, 6) is 0.510. The normalized spacial score (nSPS) is 18.0. The van der Waals surface area contributed by atoms with Gasteiger partial charge in [0, 0.05) is 5.56 Å². The molecule has 1 atom stereocenters. The first-order valence-corrected chi connectivity index (χ1v) is 9.35. The van der Waals surface area contributed by atoms with E-state index in [2.05, 4.69) is 34.6 Å². The van der Waals surface area contributed by atoms with Crippen LogP contribution in [0.4, 0.5) is 5.69 Å². The van der Waals surface area contributed by atoms with E-state index >= 15 is 0 Å². The summed E-state index contributed by atoms with van der Waals surface area (Å²) in [5.41, 5.74) is 4.82. The summed E-state index contributed by atoms with van der Waals surface area (Å²) < 4.78 is 7.15. The predicted octanol–water partition coefficient (Wildman–Crippen LogP) is 3.02. The van der Waals surface area contributed by atoms with Gasteiger partial charge in [0.05, 0.1) is 16.6 Å². The molecule has 5 rings (SSSR count). The standard InChI is InChI=1S/C19H15N5O2S/c1-11-4-2-3-5-13(11)18-17(23-24-10-20-22-19(24)27-18)12-6-7-15-14(8-12)21-16(25)9-26-15/h2-8,10,18H,9H2,1H3,(H,21,25). The zero-order chi connectivity index (χ0) is 18.4. The number of nitrogens with one attached hydrogen (secondary N) is 1. The molecule has 1 amide bonds. The molecule has 3 aromatic rings. The van der Waals surface area contributed by atoms with Crippen LogP contribution in [0.5, 0.6) is 5.75 Å². The zero-order valence-corrected chi connectivity index (χ0v) is 15.2. The van der Waals surface area contributed by atoms with Crippen molar-refractivity contribution in [1.29, 1.82) is 0 Å². The Kier molecular flexibility index (Phi) is 3.71. The summed E-state index contributed by atoms with van der Waals surface area (Å²) >= 11 is 1.61. The number of benzene rings is 2. The minimum absolute atomic E-state index is 0.0267. The highest BCUT2D eigenvalue weighted by Crippen LogP contribution is 2.42. The van der Waals surface area contributed by atoms with E-state index in [-0.39, 0.29) is 17.8 Å². The molecule has 1 unspecified atom stereocenters. The lowest BCUT2D eigenvalue weighted by atomic mass is 9.97. The summed E-state index contributed by atoms with van der Waals surface area (Å²) in [5, 5.41) is 16.5. The van der Waals surface area contributed by atoms with Crippen LogP contribution in [0.2, 0.25) is 0 Å². The van der Waals surface area contributed by atoms with Gasteiger partial charge in [0.1, 0.15) is 12.1 Å². The van der Waals surface area contributed by atoms with Crippen LogP contribution in [-0.4, -0.2) is 33.1 Å². The molecular formula is C19H15N5O2S. The molecule has 0 saturated carbocycles. The fourth-order valence-electron chi connectivity index (χ4n) is 3.24. The van der Waals surface area contributed by atoms with Gasteiger partial charge in [-0.15, -0.1) is 10.2 Å². The Morgan fingerprint density at radius 2 is 2.15 bits per heavy atom. The number of anilines is 1. The summed E-state index contributed by atoms with van der Waals surface area (Å²) in [6, 6.07) is 14.0. The molecule has 0 spiro atoms. The highest BCUT2D eigenvalue weighted by molar-refractivity contribution is 8.00. The number of fused-ring (bicyclic) bond motifs is 2. The molecule has 1 N–H and O–H groups in total. The van der Waals surface area contributed by atoms with Crippen molar-refractivity contribution in [2.24, 2.45) is 5.10 Å². The third-order valence-electron chi connectivity index (χ3n) is 4.57. The van der Waals surface area contributed by atoms with Crippen LogP contribution in [0.15, 0.2) is 59.0 Å². The molecule has 7 nitrogen and oxygen atoms in total. The topological polar surface area (TPSA) is 81.4 Å². The van der Waals surface area contributed by atoms with Gasteiger partial charge in [-0.3, -0.25) is 4.79 Å². The van der Waals surface area contributed by atoms with Gasteiger partial charge >= 0.3 is 0 Å². The molecule has 0 bridgehead atoms. The molecule has 134 valence electrons. The monoisotopic (exact) mass is 377 g/mol. The Hall–Kier alpha value is -3.13. The molecule has 0 aliphatic carbocycles. The van der Waals surface area contributed by atoms with E-state index in [1.54, 1.807) is 22.8 Å². The maximum Gasteiger partial charge on any atom is 0.262 e. The lowest BCUT2D eigenvalue weighted by Gasteiger charge is -2.25. The summed E-state index contributed by atoms with van der Waals surface area (Å²) in [7, 11) is 0. The van der Waals surface area contributed by atoms with E-state index in [1.165, 1.54) is 11.1 Å². The van der Waals surface area contributed by atoms with Crippen LogP contribution in [-0.2, 0) is 4.79 Å². The van der Waals surface area contributed by atoms with Crippen molar-refractivity contribution in [2.45, 2.75) is 17.3 Å². The van der Waals surface area contributed by atoms with E-state index < -0.39 is 0 Å². The molecule has 2 aromatic carbocycles.